The summed E-state index contributed by atoms with van der Waals surface area (Å²) in [5.41, 5.74) is 16.9. The van der Waals surface area contributed by atoms with Crippen LogP contribution in [0.5, 0.6) is 0 Å². The van der Waals surface area contributed by atoms with Gasteiger partial charge in [-0.2, -0.15) is 0 Å². The molecule has 0 bridgehead atoms. The maximum Gasteiger partial charge on any atom is 0.124 e. The van der Waals surface area contributed by atoms with Crippen molar-refractivity contribution in [3.63, 3.8) is 0 Å². The summed E-state index contributed by atoms with van der Waals surface area (Å²) in [5, 5.41) is 3.08. The number of thiazole rings is 3. The highest BCUT2D eigenvalue weighted by atomic mass is 32.1. The number of benzene rings is 7. The van der Waals surface area contributed by atoms with Crippen molar-refractivity contribution in [2.75, 3.05) is 57.0 Å². The first-order valence-electron chi connectivity index (χ1n) is 19.8. The molecule has 0 saturated heterocycles. The molecular formula is C51H42N6S3. The summed E-state index contributed by atoms with van der Waals surface area (Å²) < 4.78 is 3.58. The normalized spacial score (nSPS) is 11.5. The predicted molar refractivity (Wildman–Crippen MR) is 262 cm³/mol. The molecule has 0 aliphatic rings. The largest absolute Gasteiger partial charge is 0.378 e. The van der Waals surface area contributed by atoms with Crippen molar-refractivity contribution in [1.82, 2.24) is 15.0 Å². The van der Waals surface area contributed by atoms with Crippen LogP contribution < -0.4 is 14.7 Å². The van der Waals surface area contributed by atoms with E-state index in [-0.39, 0.29) is 0 Å². The van der Waals surface area contributed by atoms with E-state index in [2.05, 4.69) is 203 Å². The van der Waals surface area contributed by atoms with Gasteiger partial charge in [-0.25, -0.2) is 15.0 Å². The molecule has 10 aromatic rings. The Labute approximate surface area is 362 Å². The molecule has 3 heterocycles. The average molecular weight is 835 g/mol. The number of hydrogen-bond acceptors (Lipinski definition) is 9. The molecular weight excluding hydrogens is 793 g/mol. The van der Waals surface area contributed by atoms with Gasteiger partial charge in [0.2, 0.25) is 0 Å². The molecule has 0 atom stereocenters. The lowest BCUT2D eigenvalue weighted by molar-refractivity contribution is 1.14. The summed E-state index contributed by atoms with van der Waals surface area (Å²) in [4.78, 5) is 21.3. The minimum absolute atomic E-state index is 1.03. The van der Waals surface area contributed by atoms with Gasteiger partial charge in [-0.15, -0.1) is 34.0 Å². The van der Waals surface area contributed by atoms with Crippen LogP contribution in [-0.4, -0.2) is 57.2 Å². The van der Waals surface area contributed by atoms with E-state index in [1.165, 1.54) is 31.2 Å². The van der Waals surface area contributed by atoms with E-state index in [0.29, 0.717) is 0 Å². The van der Waals surface area contributed by atoms with Crippen molar-refractivity contribution in [2.45, 2.75) is 0 Å². The van der Waals surface area contributed by atoms with Crippen molar-refractivity contribution >= 4 is 81.7 Å². The van der Waals surface area contributed by atoms with E-state index in [1.807, 2.05) is 0 Å². The maximum atomic E-state index is 4.99. The molecule has 0 radical (unpaired) electrons. The highest BCUT2D eigenvalue weighted by Crippen LogP contribution is 2.39. The van der Waals surface area contributed by atoms with E-state index in [9.17, 15) is 0 Å². The molecule has 0 spiro atoms. The Hall–Kier alpha value is -6.39. The van der Waals surface area contributed by atoms with Crippen LogP contribution in [0.2, 0.25) is 0 Å². The molecule has 9 heteroatoms. The van der Waals surface area contributed by atoms with Crippen molar-refractivity contribution in [3.05, 3.63) is 146 Å². The third-order valence-electron chi connectivity index (χ3n) is 11.0. The van der Waals surface area contributed by atoms with E-state index in [1.54, 1.807) is 34.0 Å². The van der Waals surface area contributed by atoms with Gasteiger partial charge in [0.05, 0.1) is 30.6 Å². The Balaban J connectivity index is 1.00. The lowest BCUT2D eigenvalue weighted by atomic mass is 9.92. The smallest absolute Gasteiger partial charge is 0.124 e. The monoisotopic (exact) mass is 834 g/mol. The first-order valence-corrected chi connectivity index (χ1v) is 22.3. The van der Waals surface area contributed by atoms with Gasteiger partial charge in [0.15, 0.2) is 0 Å². The Morgan fingerprint density at radius 2 is 0.533 bits per heavy atom. The Kier molecular flexibility index (Phi) is 9.67. The highest BCUT2D eigenvalue weighted by molar-refractivity contribution is 7.22. The van der Waals surface area contributed by atoms with Crippen LogP contribution in [0.25, 0.3) is 95.7 Å². The van der Waals surface area contributed by atoms with Crippen LogP contribution in [0.4, 0.5) is 17.1 Å². The van der Waals surface area contributed by atoms with E-state index >= 15 is 0 Å². The van der Waals surface area contributed by atoms with E-state index < -0.39 is 0 Å². The summed E-state index contributed by atoms with van der Waals surface area (Å²) in [6.07, 6.45) is 0. The zero-order chi connectivity index (χ0) is 41.1. The number of hydrogen-bond donors (Lipinski definition) is 0. The van der Waals surface area contributed by atoms with Crippen molar-refractivity contribution in [1.29, 1.82) is 0 Å². The number of anilines is 3. The SMILES string of the molecule is CN(C)c1ccc2nc(-c3ccc(-c4cc(-c5ccc(-c6nc7ccc(N(C)C)cc7s6)cc5)cc(-c5ccc(-c6nc7ccc(N(C)C)cc7s6)cc5)c4)cc3)sc2c1. The number of aromatic nitrogens is 3. The van der Waals surface area contributed by atoms with E-state index in [4.69, 9.17) is 15.0 Å². The molecule has 0 aliphatic heterocycles. The summed E-state index contributed by atoms with van der Waals surface area (Å²) >= 11 is 5.21. The summed E-state index contributed by atoms with van der Waals surface area (Å²) in [6.45, 7) is 0. The van der Waals surface area contributed by atoms with Gasteiger partial charge in [-0.05, 0) is 106 Å². The number of nitrogens with zero attached hydrogens (tertiary/aromatic N) is 6. The fourth-order valence-electron chi connectivity index (χ4n) is 7.49. The fourth-order valence-corrected chi connectivity index (χ4v) is 10.5. The van der Waals surface area contributed by atoms with Crippen molar-refractivity contribution in [3.8, 4) is 65.1 Å². The number of rotatable bonds is 9. The Morgan fingerprint density at radius 3 is 0.783 bits per heavy atom. The van der Waals surface area contributed by atoms with Gasteiger partial charge < -0.3 is 14.7 Å². The molecule has 6 nitrogen and oxygen atoms in total. The zero-order valence-electron chi connectivity index (χ0n) is 34.3. The number of fused-ring (bicyclic) bond motifs is 3. The molecule has 0 aliphatic carbocycles. The standard InChI is InChI=1S/C51H42N6S3/c1-55(2)40-19-22-43-46(28-40)58-49(52-43)34-13-7-31(8-14-34)37-25-38(32-9-15-35(16-10-32)50-53-44-23-20-41(56(3)4)29-47(44)59-50)27-39(26-37)33-11-17-36(18-12-33)51-54-45-24-21-42(57(5)6)30-48(45)60-51/h7-30H,1-6H3. The minimum atomic E-state index is 1.03. The summed E-state index contributed by atoms with van der Waals surface area (Å²) in [6, 6.07) is 52.9. The predicted octanol–water partition coefficient (Wildman–Crippen LogP) is 13.7. The quantitative estimate of drug-likeness (QED) is 0.144. The van der Waals surface area contributed by atoms with Crippen LogP contribution >= 0.6 is 34.0 Å². The van der Waals surface area contributed by atoms with E-state index in [0.717, 1.165) is 81.6 Å². The zero-order valence-corrected chi connectivity index (χ0v) is 36.7. The fraction of sp³-hybridized carbons (Fsp3) is 0.118. The molecule has 294 valence electrons. The molecule has 7 aromatic carbocycles. The Bertz CT molecular complexity index is 2820. The van der Waals surface area contributed by atoms with Crippen LogP contribution in [0.15, 0.2) is 146 Å². The van der Waals surface area contributed by atoms with Crippen LogP contribution in [0, 0.1) is 0 Å². The first-order chi connectivity index (χ1) is 29.1. The third-order valence-corrected chi connectivity index (χ3v) is 14.2. The molecule has 3 aromatic heterocycles. The third kappa shape index (κ3) is 7.30. The molecule has 0 amide bonds. The van der Waals surface area contributed by atoms with Gasteiger partial charge in [-0.3, -0.25) is 0 Å². The topological polar surface area (TPSA) is 48.4 Å². The summed E-state index contributed by atoms with van der Waals surface area (Å²) in [5.74, 6) is 0. The molecule has 0 unspecified atom stereocenters. The average Bonchev–Trinajstić information content (AvgIpc) is 4.03. The molecule has 0 saturated carbocycles. The lowest BCUT2D eigenvalue weighted by Crippen LogP contribution is -2.07. The van der Waals surface area contributed by atoms with Gasteiger partial charge in [0.1, 0.15) is 15.0 Å². The highest BCUT2D eigenvalue weighted by Gasteiger charge is 2.14. The van der Waals surface area contributed by atoms with Crippen LogP contribution in [0.3, 0.4) is 0 Å². The summed E-state index contributed by atoms with van der Waals surface area (Å²) in [7, 11) is 12.4. The van der Waals surface area contributed by atoms with Gasteiger partial charge in [0.25, 0.3) is 0 Å². The van der Waals surface area contributed by atoms with Gasteiger partial charge >= 0.3 is 0 Å². The van der Waals surface area contributed by atoms with Gasteiger partial charge in [-0.1, -0.05) is 72.8 Å². The molecule has 10 rings (SSSR count). The maximum absolute atomic E-state index is 4.99. The lowest BCUT2D eigenvalue weighted by Gasteiger charge is -2.12. The first kappa shape index (κ1) is 37.9. The van der Waals surface area contributed by atoms with Crippen molar-refractivity contribution < 1.29 is 0 Å². The second kappa shape index (κ2) is 15.3. The molecule has 60 heavy (non-hydrogen) atoms. The minimum Gasteiger partial charge on any atom is -0.378 e. The Morgan fingerprint density at radius 1 is 0.283 bits per heavy atom. The van der Waals surface area contributed by atoms with Crippen LogP contribution in [-0.2, 0) is 0 Å². The van der Waals surface area contributed by atoms with Gasteiger partial charge in [0, 0.05) is 76.0 Å². The van der Waals surface area contributed by atoms with Crippen molar-refractivity contribution in [2.24, 2.45) is 0 Å². The second-order valence-corrected chi connectivity index (χ2v) is 18.8. The molecule has 0 fully saturated rings. The molecule has 0 N–H and O–H groups in total. The van der Waals surface area contributed by atoms with Crippen LogP contribution in [0.1, 0.15) is 0 Å². The second-order valence-electron chi connectivity index (χ2n) is 15.7.